The van der Waals surface area contributed by atoms with E-state index in [1.165, 1.54) is 28.6 Å². The molecule has 0 aliphatic heterocycles. The third-order valence-electron chi connectivity index (χ3n) is 4.48. The number of nitrogens with zero attached hydrogens (tertiary/aromatic N) is 4. The second kappa shape index (κ2) is 9.91. The summed E-state index contributed by atoms with van der Waals surface area (Å²) in [4.78, 5) is 13.2. The third-order valence-corrected chi connectivity index (χ3v) is 5.47. The van der Waals surface area contributed by atoms with Crippen molar-refractivity contribution in [3.05, 3.63) is 89.0 Å². The van der Waals surface area contributed by atoms with Crippen molar-refractivity contribution in [2.24, 2.45) is 0 Å². The van der Waals surface area contributed by atoms with Crippen molar-refractivity contribution in [3.8, 4) is 11.5 Å². The van der Waals surface area contributed by atoms with Gasteiger partial charge in [0.2, 0.25) is 11.0 Å². The molecule has 0 aliphatic carbocycles. The van der Waals surface area contributed by atoms with Crippen LogP contribution in [0.3, 0.4) is 0 Å². The van der Waals surface area contributed by atoms with Crippen molar-refractivity contribution in [2.75, 3.05) is 12.4 Å². The van der Waals surface area contributed by atoms with Gasteiger partial charge in [0, 0.05) is 23.8 Å². The molecule has 2 aromatic carbocycles. The Bertz CT molecular complexity index is 1310. The van der Waals surface area contributed by atoms with Crippen molar-refractivity contribution in [1.82, 2.24) is 19.5 Å². The van der Waals surface area contributed by atoms with Crippen molar-refractivity contribution in [1.29, 1.82) is 0 Å². The fraction of sp³-hybridized carbons (Fsp3) is 0.136. The fourth-order valence-corrected chi connectivity index (χ4v) is 3.86. The van der Waals surface area contributed by atoms with Crippen molar-refractivity contribution >= 4 is 23.3 Å². The van der Waals surface area contributed by atoms with Crippen LogP contribution in [0.2, 0.25) is 0 Å². The maximum atomic E-state index is 13.2. The molecule has 0 unspecified atom stereocenters. The number of hydrogen-bond donors (Lipinski definition) is 1. The van der Waals surface area contributed by atoms with E-state index in [2.05, 4.69) is 20.3 Å². The number of anilines is 2. The highest BCUT2D eigenvalue weighted by Gasteiger charge is 2.31. The van der Waals surface area contributed by atoms with Gasteiger partial charge in [0.05, 0.1) is 7.11 Å². The summed E-state index contributed by atoms with van der Waals surface area (Å²) in [7, 11) is 1.59. The molecule has 0 saturated carbocycles. The average molecular weight is 489 g/mol. The van der Waals surface area contributed by atoms with Gasteiger partial charge in [0.25, 0.3) is 0 Å². The lowest BCUT2D eigenvalue weighted by atomic mass is 10.2. The second-order valence-electron chi connectivity index (χ2n) is 6.85. The van der Waals surface area contributed by atoms with Gasteiger partial charge in [-0.1, -0.05) is 23.9 Å². The highest BCUT2D eigenvalue weighted by atomic mass is 32.2. The molecule has 0 amide bonds. The quantitative estimate of drug-likeness (QED) is 0.360. The van der Waals surface area contributed by atoms with Crippen molar-refractivity contribution in [3.63, 3.8) is 0 Å². The van der Waals surface area contributed by atoms with Crippen LogP contribution < -0.4 is 20.3 Å². The second-order valence-corrected chi connectivity index (χ2v) is 7.79. The Morgan fingerprint density at radius 1 is 1.00 bits per heavy atom. The SMILES string of the molecule is COc1cccc(CSc2nnc(Nc3ccc(OC(F)(F)F)cc3)c(=O)n2-n2cccc2)c1. The summed E-state index contributed by atoms with van der Waals surface area (Å²) in [5.74, 6) is 0.764. The molecule has 0 radical (unpaired) electrons. The molecule has 4 rings (SSSR count). The van der Waals surface area contributed by atoms with E-state index in [0.29, 0.717) is 16.6 Å². The van der Waals surface area contributed by atoms with E-state index in [1.54, 1.807) is 36.3 Å². The summed E-state index contributed by atoms with van der Waals surface area (Å²) in [5, 5.41) is 11.4. The fourth-order valence-electron chi connectivity index (χ4n) is 2.98. The number of alkyl halides is 3. The number of ether oxygens (including phenoxy) is 2. The standard InChI is InChI=1S/C22H18F3N5O3S/c1-32-18-6-4-5-15(13-18)14-34-21-28-27-19(20(31)30(21)29-11-2-3-12-29)26-16-7-9-17(10-8-16)33-22(23,24)25/h2-13H,14H2,1H3,(H,26,27). The Morgan fingerprint density at radius 2 is 1.74 bits per heavy atom. The monoisotopic (exact) mass is 489 g/mol. The molecule has 4 aromatic rings. The van der Waals surface area contributed by atoms with Crippen LogP contribution in [0.1, 0.15) is 5.56 Å². The number of methoxy groups -OCH3 is 1. The average Bonchev–Trinajstić information content (AvgIpc) is 3.34. The number of benzene rings is 2. The number of aromatic nitrogens is 4. The molecule has 0 fully saturated rings. The number of rotatable bonds is 8. The van der Waals surface area contributed by atoms with Crippen LogP contribution >= 0.6 is 11.8 Å². The molecule has 0 atom stereocenters. The van der Waals surface area contributed by atoms with Gasteiger partial charge < -0.3 is 14.8 Å². The molecule has 0 bridgehead atoms. The topological polar surface area (TPSA) is 83.2 Å². The number of thioether (sulfide) groups is 1. The Kier molecular flexibility index (Phi) is 6.77. The van der Waals surface area contributed by atoms with Crippen LogP contribution in [0.5, 0.6) is 11.5 Å². The Labute approximate surface area is 195 Å². The first-order valence-corrected chi connectivity index (χ1v) is 10.8. The molecule has 34 heavy (non-hydrogen) atoms. The zero-order valence-corrected chi connectivity index (χ0v) is 18.5. The molecular weight excluding hydrogens is 471 g/mol. The molecule has 2 heterocycles. The van der Waals surface area contributed by atoms with E-state index >= 15 is 0 Å². The lowest BCUT2D eigenvalue weighted by molar-refractivity contribution is -0.274. The predicted octanol–water partition coefficient (Wildman–Crippen LogP) is 4.69. The van der Waals surface area contributed by atoms with Gasteiger partial charge in [0.15, 0.2) is 0 Å². The highest BCUT2D eigenvalue weighted by molar-refractivity contribution is 7.98. The molecule has 8 nitrogen and oxygen atoms in total. The molecule has 12 heteroatoms. The van der Waals surface area contributed by atoms with E-state index in [-0.39, 0.29) is 11.6 Å². The number of halogens is 3. The molecule has 0 aliphatic rings. The summed E-state index contributed by atoms with van der Waals surface area (Å²) in [6.07, 6.45) is -1.42. The van der Waals surface area contributed by atoms with E-state index < -0.39 is 11.9 Å². The van der Waals surface area contributed by atoms with Gasteiger partial charge in [0.1, 0.15) is 11.5 Å². The van der Waals surface area contributed by atoms with Gasteiger partial charge >= 0.3 is 11.9 Å². The normalized spacial score (nSPS) is 11.3. The van der Waals surface area contributed by atoms with Gasteiger partial charge in [-0.25, -0.2) is 0 Å². The van der Waals surface area contributed by atoms with Crippen LogP contribution in [0, 0.1) is 0 Å². The van der Waals surface area contributed by atoms with E-state index in [1.807, 2.05) is 24.3 Å². The summed E-state index contributed by atoms with van der Waals surface area (Å²) < 4.78 is 49.1. The van der Waals surface area contributed by atoms with Gasteiger partial charge in [-0.2, -0.15) is 4.68 Å². The molecular formula is C22H18F3N5O3S. The zero-order chi connectivity index (χ0) is 24.1. The maximum absolute atomic E-state index is 13.2. The zero-order valence-electron chi connectivity index (χ0n) is 17.7. The molecule has 0 spiro atoms. The van der Waals surface area contributed by atoms with Crippen LogP contribution in [-0.2, 0) is 5.75 Å². The number of hydrogen-bond acceptors (Lipinski definition) is 7. The first-order chi connectivity index (χ1) is 16.3. The Hall–Kier alpha value is -3.93. The first-order valence-electron chi connectivity index (χ1n) is 9.84. The lowest BCUT2D eigenvalue weighted by Crippen LogP contribution is -2.30. The predicted molar refractivity (Wildman–Crippen MR) is 120 cm³/mol. The van der Waals surface area contributed by atoms with Crippen molar-refractivity contribution in [2.45, 2.75) is 17.3 Å². The summed E-state index contributed by atoms with van der Waals surface area (Å²) in [5.41, 5.74) is 0.827. The van der Waals surface area contributed by atoms with E-state index in [9.17, 15) is 18.0 Å². The van der Waals surface area contributed by atoms with Crippen LogP contribution in [0.4, 0.5) is 24.7 Å². The van der Waals surface area contributed by atoms with Crippen LogP contribution in [0.25, 0.3) is 0 Å². The number of nitrogens with one attached hydrogen (secondary N) is 1. The lowest BCUT2D eigenvalue weighted by Gasteiger charge is -2.14. The van der Waals surface area contributed by atoms with Crippen LogP contribution in [0.15, 0.2) is 83.0 Å². The van der Waals surface area contributed by atoms with E-state index in [4.69, 9.17) is 4.74 Å². The largest absolute Gasteiger partial charge is 0.573 e. The molecule has 176 valence electrons. The highest BCUT2D eigenvalue weighted by Crippen LogP contribution is 2.25. The minimum atomic E-state index is -4.79. The molecule has 0 saturated heterocycles. The van der Waals surface area contributed by atoms with Gasteiger partial charge in [-0.15, -0.1) is 23.4 Å². The smallest absolute Gasteiger partial charge is 0.497 e. The van der Waals surface area contributed by atoms with Crippen LogP contribution in [-0.4, -0.2) is 33.0 Å². The minimum Gasteiger partial charge on any atom is -0.497 e. The Morgan fingerprint density at radius 3 is 2.41 bits per heavy atom. The summed E-state index contributed by atoms with van der Waals surface area (Å²) >= 11 is 1.32. The Balaban J connectivity index is 1.59. The van der Waals surface area contributed by atoms with Gasteiger partial charge in [-0.05, 0) is 54.1 Å². The maximum Gasteiger partial charge on any atom is 0.573 e. The van der Waals surface area contributed by atoms with Crippen molar-refractivity contribution < 1.29 is 22.6 Å². The summed E-state index contributed by atoms with van der Waals surface area (Å²) in [6.45, 7) is 0. The van der Waals surface area contributed by atoms with Gasteiger partial charge in [-0.3, -0.25) is 9.47 Å². The first kappa shape index (κ1) is 23.2. The molecule has 2 aromatic heterocycles. The molecule has 1 N–H and O–H groups in total. The third kappa shape index (κ3) is 5.70. The van der Waals surface area contributed by atoms with E-state index in [0.717, 1.165) is 23.4 Å². The minimum absolute atomic E-state index is 0.0936. The summed E-state index contributed by atoms with van der Waals surface area (Å²) in [6, 6.07) is 16.0.